The van der Waals surface area contributed by atoms with E-state index in [-0.39, 0.29) is 0 Å². The number of nitrogens with zero attached hydrogens (tertiary/aromatic N) is 1. The van der Waals surface area contributed by atoms with Gasteiger partial charge in [-0.15, -0.1) is 0 Å². The molecule has 3 heteroatoms. The number of rotatable bonds is 1. The first-order chi connectivity index (χ1) is 7.90. The molecule has 2 aliphatic heterocycles. The molecular formula is C13H18N2O. The number of para-hydroxylation sites is 1. The molecule has 3 nitrogen and oxygen atoms in total. The third-order valence-corrected chi connectivity index (χ3v) is 3.69. The van der Waals surface area contributed by atoms with Crippen LogP contribution in [0.2, 0.25) is 0 Å². The van der Waals surface area contributed by atoms with E-state index in [9.17, 15) is 0 Å². The number of nitrogens with one attached hydrogen (secondary N) is 1. The Morgan fingerprint density at radius 2 is 2.38 bits per heavy atom. The van der Waals surface area contributed by atoms with Gasteiger partial charge in [0.15, 0.2) is 0 Å². The molecule has 3 rings (SSSR count). The zero-order valence-electron chi connectivity index (χ0n) is 9.70. The topological polar surface area (TPSA) is 24.5 Å². The normalized spacial score (nSPS) is 23.6. The first kappa shape index (κ1) is 9.97. The quantitative estimate of drug-likeness (QED) is 0.771. The van der Waals surface area contributed by atoms with Crippen molar-refractivity contribution in [3.05, 3.63) is 23.8 Å². The Morgan fingerprint density at radius 1 is 1.44 bits per heavy atom. The number of aryl methyl sites for hydroxylation is 1. The van der Waals surface area contributed by atoms with Crippen molar-refractivity contribution in [2.75, 3.05) is 31.6 Å². The van der Waals surface area contributed by atoms with Crippen molar-refractivity contribution in [2.24, 2.45) is 0 Å². The van der Waals surface area contributed by atoms with Crippen LogP contribution < -0.4 is 15.0 Å². The molecule has 1 atom stereocenters. The van der Waals surface area contributed by atoms with E-state index in [2.05, 4.69) is 28.4 Å². The van der Waals surface area contributed by atoms with Crippen LogP contribution in [0.5, 0.6) is 5.75 Å². The van der Waals surface area contributed by atoms with E-state index in [0.717, 1.165) is 25.4 Å². The van der Waals surface area contributed by atoms with Crippen molar-refractivity contribution in [2.45, 2.75) is 18.9 Å². The van der Waals surface area contributed by atoms with Crippen LogP contribution in [0.3, 0.4) is 0 Å². The van der Waals surface area contributed by atoms with E-state index < -0.39 is 0 Å². The zero-order chi connectivity index (χ0) is 11.0. The predicted octanol–water partition coefficient (Wildman–Crippen LogP) is 1.42. The number of ether oxygens (including phenoxy) is 1. The number of fused-ring (bicyclic) bond motifs is 3. The van der Waals surface area contributed by atoms with Crippen LogP contribution in [-0.4, -0.2) is 32.8 Å². The zero-order valence-corrected chi connectivity index (χ0v) is 9.70. The fourth-order valence-electron chi connectivity index (χ4n) is 2.90. The number of anilines is 1. The lowest BCUT2D eigenvalue weighted by Gasteiger charge is -2.42. The number of hydrogen-bond acceptors (Lipinski definition) is 3. The summed E-state index contributed by atoms with van der Waals surface area (Å²) < 4.78 is 5.50. The molecule has 2 aliphatic rings. The molecule has 2 heterocycles. The summed E-state index contributed by atoms with van der Waals surface area (Å²) in [4.78, 5) is 2.52. The number of hydrogen-bond donors (Lipinski definition) is 1. The Kier molecular flexibility index (Phi) is 2.48. The molecule has 16 heavy (non-hydrogen) atoms. The van der Waals surface area contributed by atoms with Crippen molar-refractivity contribution in [3.8, 4) is 5.75 Å². The Labute approximate surface area is 96.4 Å². The van der Waals surface area contributed by atoms with Gasteiger partial charge in [-0.25, -0.2) is 0 Å². The molecule has 1 fully saturated rings. The molecule has 0 spiro atoms. The SMILES string of the molecule is COc1cccc2c1N1CCNC[C@H]1CC2. The Hall–Kier alpha value is -1.22. The Bertz CT molecular complexity index is 377. The van der Waals surface area contributed by atoms with E-state index in [1.165, 1.54) is 24.1 Å². The van der Waals surface area contributed by atoms with Gasteiger partial charge < -0.3 is 15.0 Å². The summed E-state index contributed by atoms with van der Waals surface area (Å²) in [5.74, 6) is 1.03. The molecule has 0 aliphatic carbocycles. The van der Waals surface area contributed by atoms with E-state index in [4.69, 9.17) is 4.74 Å². The monoisotopic (exact) mass is 218 g/mol. The van der Waals surface area contributed by atoms with E-state index in [1.54, 1.807) is 7.11 Å². The number of piperazine rings is 1. The van der Waals surface area contributed by atoms with Gasteiger partial charge in [0.05, 0.1) is 12.8 Å². The Morgan fingerprint density at radius 3 is 3.25 bits per heavy atom. The fraction of sp³-hybridized carbons (Fsp3) is 0.538. The third kappa shape index (κ3) is 1.47. The molecule has 1 N–H and O–H groups in total. The molecule has 0 saturated carbocycles. The average Bonchev–Trinajstić information content (AvgIpc) is 2.37. The lowest BCUT2D eigenvalue weighted by atomic mass is 9.94. The van der Waals surface area contributed by atoms with Crippen LogP contribution >= 0.6 is 0 Å². The first-order valence-corrected chi connectivity index (χ1v) is 6.03. The van der Waals surface area contributed by atoms with Crippen LogP contribution in [0.1, 0.15) is 12.0 Å². The molecule has 0 radical (unpaired) electrons. The average molecular weight is 218 g/mol. The summed E-state index contributed by atoms with van der Waals surface area (Å²) in [5.41, 5.74) is 2.78. The van der Waals surface area contributed by atoms with E-state index >= 15 is 0 Å². The maximum Gasteiger partial charge on any atom is 0.142 e. The second-order valence-corrected chi connectivity index (χ2v) is 4.56. The lowest BCUT2D eigenvalue weighted by Crippen LogP contribution is -2.53. The summed E-state index contributed by atoms with van der Waals surface area (Å²) in [7, 11) is 1.77. The molecule has 0 aromatic heterocycles. The summed E-state index contributed by atoms with van der Waals surface area (Å²) in [6.07, 6.45) is 2.43. The molecule has 1 aromatic rings. The number of methoxy groups -OCH3 is 1. The largest absolute Gasteiger partial charge is 0.495 e. The molecular weight excluding hydrogens is 200 g/mol. The summed E-state index contributed by atoms with van der Waals surface area (Å²) in [5, 5.41) is 3.47. The van der Waals surface area contributed by atoms with Gasteiger partial charge in [-0.05, 0) is 24.5 Å². The number of benzene rings is 1. The maximum atomic E-state index is 5.50. The molecule has 86 valence electrons. The van der Waals surface area contributed by atoms with Gasteiger partial charge in [-0.1, -0.05) is 12.1 Å². The van der Waals surface area contributed by atoms with Crippen molar-refractivity contribution in [1.82, 2.24) is 5.32 Å². The highest BCUT2D eigenvalue weighted by molar-refractivity contribution is 5.66. The highest BCUT2D eigenvalue weighted by Crippen LogP contribution is 2.38. The van der Waals surface area contributed by atoms with Crippen LogP contribution in [-0.2, 0) is 6.42 Å². The van der Waals surface area contributed by atoms with Crippen LogP contribution in [0.25, 0.3) is 0 Å². The first-order valence-electron chi connectivity index (χ1n) is 6.03. The minimum atomic E-state index is 0.651. The van der Waals surface area contributed by atoms with Crippen molar-refractivity contribution < 1.29 is 4.74 Å². The van der Waals surface area contributed by atoms with Crippen LogP contribution in [0.15, 0.2) is 18.2 Å². The van der Waals surface area contributed by atoms with Crippen molar-refractivity contribution in [3.63, 3.8) is 0 Å². The minimum Gasteiger partial charge on any atom is -0.495 e. The van der Waals surface area contributed by atoms with Crippen molar-refractivity contribution in [1.29, 1.82) is 0 Å². The second kappa shape index (κ2) is 3.98. The minimum absolute atomic E-state index is 0.651. The molecule has 1 aromatic carbocycles. The maximum absolute atomic E-state index is 5.50. The van der Waals surface area contributed by atoms with Gasteiger partial charge in [0, 0.05) is 25.7 Å². The van der Waals surface area contributed by atoms with Crippen LogP contribution in [0, 0.1) is 0 Å². The third-order valence-electron chi connectivity index (χ3n) is 3.69. The van der Waals surface area contributed by atoms with Gasteiger partial charge in [0.1, 0.15) is 5.75 Å². The molecule has 0 bridgehead atoms. The summed E-state index contributed by atoms with van der Waals surface area (Å²) in [6, 6.07) is 7.05. The van der Waals surface area contributed by atoms with E-state index in [1.807, 2.05) is 0 Å². The highest BCUT2D eigenvalue weighted by atomic mass is 16.5. The van der Waals surface area contributed by atoms with Gasteiger partial charge in [-0.3, -0.25) is 0 Å². The fourth-order valence-corrected chi connectivity index (χ4v) is 2.90. The second-order valence-electron chi connectivity index (χ2n) is 4.56. The smallest absolute Gasteiger partial charge is 0.142 e. The molecule has 1 saturated heterocycles. The van der Waals surface area contributed by atoms with Gasteiger partial charge in [0.2, 0.25) is 0 Å². The van der Waals surface area contributed by atoms with Gasteiger partial charge >= 0.3 is 0 Å². The van der Waals surface area contributed by atoms with Gasteiger partial charge in [-0.2, -0.15) is 0 Å². The Balaban J connectivity index is 2.05. The standard InChI is InChI=1S/C13H18N2O/c1-16-12-4-2-3-10-5-6-11-9-14-7-8-15(11)13(10)12/h2-4,11,14H,5-9H2,1H3/t11-/m1/s1. The lowest BCUT2D eigenvalue weighted by molar-refractivity contribution is 0.396. The predicted molar refractivity (Wildman–Crippen MR) is 65.3 cm³/mol. The molecule has 0 amide bonds. The van der Waals surface area contributed by atoms with Gasteiger partial charge in [0.25, 0.3) is 0 Å². The van der Waals surface area contributed by atoms with Crippen molar-refractivity contribution >= 4 is 5.69 Å². The van der Waals surface area contributed by atoms with Crippen LogP contribution in [0.4, 0.5) is 5.69 Å². The molecule has 0 unspecified atom stereocenters. The summed E-state index contributed by atoms with van der Waals surface area (Å²) >= 11 is 0. The summed E-state index contributed by atoms with van der Waals surface area (Å²) in [6.45, 7) is 3.28. The van der Waals surface area contributed by atoms with E-state index in [0.29, 0.717) is 6.04 Å². The highest BCUT2D eigenvalue weighted by Gasteiger charge is 2.30.